The van der Waals surface area contributed by atoms with Crippen LogP contribution in [0.25, 0.3) is 16.6 Å². The number of amides is 2. The summed E-state index contributed by atoms with van der Waals surface area (Å²) in [6, 6.07) is 20.9. The van der Waals surface area contributed by atoms with Crippen molar-refractivity contribution < 1.29 is 23.8 Å². The van der Waals surface area contributed by atoms with E-state index in [0.717, 1.165) is 48.1 Å². The SMILES string of the molecule is CNCCC(=O)Nc1ccc2c(c1)c(C)cn2C1CCN(CC2(F)CCN(C(=O)c3ccc(C4CN(C(/C=C(\N)c5ccccc5O)=C(N)N)CCC4OC)cc3)CC2)CC1. The first-order valence-electron chi connectivity index (χ1n) is 21.5. The Labute approximate surface area is 358 Å². The van der Waals surface area contributed by atoms with Crippen molar-refractivity contribution in [3.05, 3.63) is 113 Å². The van der Waals surface area contributed by atoms with Gasteiger partial charge in [0, 0.05) is 130 Å². The number of nitrogens with one attached hydrogen (secondary N) is 2. The highest BCUT2D eigenvalue weighted by atomic mass is 19.1. The molecule has 0 bridgehead atoms. The van der Waals surface area contributed by atoms with Gasteiger partial charge in [-0.25, -0.2) is 4.39 Å². The van der Waals surface area contributed by atoms with Gasteiger partial charge in [-0.3, -0.25) is 9.59 Å². The van der Waals surface area contributed by atoms with Gasteiger partial charge in [0.25, 0.3) is 5.91 Å². The van der Waals surface area contributed by atoms with E-state index in [0.29, 0.717) is 93.5 Å². The van der Waals surface area contributed by atoms with Crippen molar-refractivity contribution in [3.63, 3.8) is 0 Å². The van der Waals surface area contributed by atoms with Crippen LogP contribution in [0.15, 0.2) is 90.5 Å². The number of para-hydroxylation sites is 1. The molecular formula is C47H62FN9O4. The fourth-order valence-electron chi connectivity index (χ4n) is 9.40. The van der Waals surface area contributed by atoms with Crippen molar-refractivity contribution in [3.8, 4) is 5.75 Å². The molecule has 4 heterocycles. The number of halogens is 1. The van der Waals surface area contributed by atoms with Gasteiger partial charge in [-0.05, 0) is 92.9 Å². The van der Waals surface area contributed by atoms with Crippen molar-refractivity contribution in [1.29, 1.82) is 0 Å². The number of methoxy groups -OCH3 is 1. The van der Waals surface area contributed by atoms with Crippen molar-refractivity contribution >= 4 is 34.1 Å². The summed E-state index contributed by atoms with van der Waals surface area (Å²) in [5, 5.41) is 17.5. The van der Waals surface area contributed by atoms with E-state index in [1.54, 1.807) is 42.4 Å². The fraction of sp³-hybridized carbons (Fsp3) is 0.447. The van der Waals surface area contributed by atoms with Crippen LogP contribution in [0.1, 0.15) is 77.5 Å². The summed E-state index contributed by atoms with van der Waals surface area (Å²) in [6.07, 6.45) is 7.44. The van der Waals surface area contributed by atoms with Gasteiger partial charge in [0.1, 0.15) is 17.2 Å². The van der Waals surface area contributed by atoms with Gasteiger partial charge in [-0.1, -0.05) is 24.3 Å². The molecule has 1 aromatic heterocycles. The quantitative estimate of drug-likeness (QED) is 0.0959. The molecule has 3 fully saturated rings. The van der Waals surface area contributed by atoms with E-state index < -0.39 is 5.67 Å². The first-order valence-corrected chi connectivity index (χ1v) is 21.5. The number of hydrogen-bond donors (Lipinski definition) is 6. The summed E-state index contributed by atoms with van der Waals surface area (Å²) in [5.74, 6) is 0.0402. The van der Waals surface area contributed by atoms with Gasteiger partial charge >= 0.3 is 0 Å². The molecule has 326 valence electrons. The van der Waals surface area contributed by atoms with Crippen molar-refractivity contribution in [1.82, 2.24) is 24.6 Å². The number of aryl methyl sites for hydroxylation is 1. The van der Waals surface area contributed by atoms with E-state index in [4.69, 9.17) is 21.9 Å². The fourth-order valence-corrected chi connectivity index (χ4v) is 9.40. The number of phenolic OH excluding ortho intramolecular Hbond substituents is 1. The Bertz CT molecular complexity index is 2240. The molecule has 7 rings (SSSR count). The monoisotopic (exact) mass is 835 g/mol. The smallest absolute Gasteiger partial charge is 0.253 e. The lowest BCUT2D eigenvalue weighted by atomic mass is 9.86. The second kappa shape index (κ2) is 19.0. The molecule has 61 heavy (non-hydrogen) atoms. The molecule has 3 aliphatic rings. The number of piperidine rings is 3. The summed E-state index contributed by atoms with van der Waals surface area (Å²) in [4.78, 5) is 32.1. The second-order valence-electron chi connectivity index (χ2n) is 17.0. The number of aromatic hydroxyl groups is 1. The van der Waals surface area contributed by atoms with E-state index >= 15 is 4.39 Å². The predicted octanol–water partition coefficient (Wildman–Crippen LogP) is 5.38. The lowest BCUT2D eigenvalue weighted by Gasteiger charge is -2.41. The highest BCUT2D eigenvalue weighted by Crippen LogP contribution is 2.36. The Morgan fingerprint density at radius 3 is 2.34 bits per heavy atom. The number of aromatic nitrogens is 1. The first kappa shape index (κ1) is 43.5. The van der Waals surface area contributed by atoms with Gasteiger partial charge in [-0.2, -0.15) is 0 Å². The topological polar surface area (TPSA) is 180 Å². The lowest BCUT2D eigenvalue weighted by molar-refractivity contribution is -0.116. The number of ether oxygens (including phenoxy) is 1. The standard InChI is InChI=1S/C47H62FN9O4/c1-31-28-57(40-13-12-34(26-37(31)40)53-44(59)14-20-52-2)35-15-21-54(22-16-35)30-47(48)18-24-55(25-19-47)46(60)33-10-8-32(9-11-33)38-29-56(23-17-43(38)61-3)41(45(50)51)27-39(49)36-6-4-5-7-42(36)58/h4-13,26-28,35,38,43,52,58H,14-25,29-30,49-51H2,1-3H3,(H,53,59)/b39-27-. The maximum absolute atomic E-state index is 16.4. The third-order valence-corrected chi connectivity index (χ3v) is 12.9. The predicted molar refractivity (Wildman–Crippen MR) is 239 cm³/mol. The average molecular weight is 836 g/mol. The normalized spacial score (nSPS) is 20.2. The van der Waals surface area contributed by atoms with Gasteiger partial charge in [0.15, 0.2) is 0 Å². The van der Waals surface area contributed by atoms with Crippen LogP contribution >= 0.6 is 0 Å². The molecule has 3 aromatic carbocycles. The van der Waals surface area contributed by atoms with Gasteiger partial charge in [-0.15, -0.1) is 0 Å². The Morgan fingerprint density at radius 1 is 0.951 bits per heavy atom. The number of fused-ring (bicyclic) bond motifs is 1. The van der Waals surface area contributed by atoms with Crippen LogP contribution in [0.3, 0.4) is 0 Å². The third-order valence-electron chi connectivity index (χ3n) is 12.9. The average Bonchev–Trinajstić information content (AvgIpc) is 3.59. The van der Waals surface area contributed by atoms with Crippen LogP contribution in [0.4, 0.5) is 10.1 Å². The number of nitrogens with zero attached hydrogens (tertiary/aromatic N) is 4. The first-order chi connectivity index (χ1) is 29.4. The molecule has 4 aromatic rings. The number of benzene rings is 3. The molecule has 9 N–H and O–H groups in total. The van der Waals surface area contributed by atoms with Crippen LogP contribution in [-0.4, -0.2) is 114 Å². The number of carbonyl (C=O) groups excluding carboxylic acids is 2. The molecule has 3 aliphatic heterocycles. The summed E-state index contributed by atoms with van der Waals surface area (Å²) in [7, 11) is 3.54. The number of hydrogen-bond acceptors (Lipinski definition) is 10. The molecule has 0 spiro atoms. The van der Waals surface area contributed by atoms with Crippen molar-refractivity contribution in [2.75, 3.05) is 71.8 Å². The largest absolute Gasteiger partial charge is 0.507 e. The van der Waals surface area contributed by atoms with Gasteiger partial charge in [0.05, 0.1) is 11.8 Å². The molecule has 2 unspecified atom stereocenters. The maximum atomic E-state index is 16.4. The van der Waals surface area contributed by atoms with Gasteiger partial charge < -0.3 is 56.9 Å². The van der Waals surface area contributed by atoms with Gasteiger partial charge in [0.2, 0.25) is 5.91 Å². The van der Waals surface area contributed by atoms with Crippen molar-refractivity contribution in [2.24, 2.45) is 17.2 Å². The molecule has 13 nitrogen and oxygen atoms in total. The Balaban J connectivity index is 0.916. The lowest BCUT2D eigenvalue weighted by Crippen LogP contribution is -2.51. The minimum Gasteiger partial charge on any atom is -0.507 e. The number of alkyl halides is 1. The van der Waals surface area contributed by atoms with Crippen molar-refractivity contribution in [2.45, 2.75) is 69.2 Å². The molecule has 0 radical (unpaired) electrons. The minimum atomic E-state index is -1.35. The summed E-state index contributed by atoms with van der Waals surface area (Å²) in [6.45, 7) is 6.67. The molecule has 3 saturated heterocycles. The number of likely N-dealkylation sites (tertiary alicyclic amines) is 3. The Hall–Kier alpha value is -5.57. The zero-order chi connectivity index (χ0) is 43.3. The Morgan fingerprint density at radius 2 is 1.67 bits per heavy atom. The summed E-state index contributed by atoms with van der Waals surface area (Å²) in [5.41, 5.74) is 23.5. The number of allylic oxidation sites excluding steroid dienone is 1. The van der Waals surface area contributed by atoms with Crippen LogP contribution in [-0.2, 0) is 9.53 Å². The minimum absolute atomic E-state index is 0.0108. The number of anilines is 1. The summed E-state index contributed by atoms with van der Waals surface area (Å²) >= 11 is 0. The molecule has 2 atom stereocenters. The zero-order valence-corrected chi connectivity index (χ0v) is 35.7. The molecule has 2 amide bonds. The van der Waals surface area contributed by atoms with E-state index in [-0.39, 0.29) is 35.4 Å². The highest BCUT2D eigenvalue weighted by molar-refractivity contribution is 5.95. The zero-order valence-electron chi connectivity index (χ0n) is 35.7. The number of carbonyl (C=O) groups is 2. The highest BCUT2D eigenvalue weighted by Gasteiger charge is 2.39. The van der Waals surface area contributed by atoms with E-state index in [1.165, 1.54) is 5.56 Å². The number of phenols is 1. The molecule has 0 saturated carbocycles. The van der Waals surface area contributed by atoms with E-state index in [2.05, 4.69) is 50.3 Å². The molecule has 14 heteroatoms. The molecular weight excluding hydrogens is 774 g/mol. The second-order valence-corrected chi connectivity index (χ2v) is 17.0. The van der Waals surface area contributed by atoms with E-state index in [9.17, 15) is 14.7 Å². The van der Waals surface area contributed by atoms with Crippen LogP contribution in [0.5, 0.6) is 5.75 Å². The summed E-state index contributed by atoms with van der Waals surface area (Å²) < 4.78 is 24.7. The van der Waals surface area contributed by atoms with Crippen LogP contribution in [0.2, 0.25) is 0 Å². The van der Waals surface area contributed by atoms with E-state index in [1.807, 2.05) is 37.4 Å². The van der Waals surface area contributed by atoms with Crippen LogP contribution < -0.4 is 27.8 Å². The maximum Gasteiger partial charge on any atom is 0.253 e. The third kappa shape index (κ3) is 9.98. The molecule has 0 aliphatic carbocycles. The number of rotatable bonds is 13. The van der Waals surface area contributed by atoms with Crippen LogP contribution in [0, 0.1) is 6.92 Å². The number of nitrogens with two attached hydrogens (primary N) is 3. The Kier molecular flexibility index (Phi) is 13.6.